The van der Waals surface area contributed by atoms with Crippen LogP contribution in [0.5, 0.6) is 0 Å². The molecule has 2 amide bonds. The van der Waals surface area contributed by atoms with E-state index in [4.69, 9.17) is 9.15 Å². The van der Waals surface area contributed by atoms with Crippen LogP contribution in [-0.4, -0.2) is 66.5 Å². The number of hydrogen-bond donors (Lipinski definition) is 1. The van der Waals surface area contributed by atoms with E-state index in [0.717, 1.165) is 45.6 Å². The van der Waals surface area contributed by atoms with Crippen molar-refractivity contribution in [3.05, 3.63) is 54.0 Å². The summed E-state index contributed by atoms with van der Waals surface area (Å²) in [7, 11) is 0. The molecule has 2 unspecified atom stereocenters. The fourth-order valence-electron chi connectivity index (χ4n) is 4.60. The number of benzene rings is 1. The lowest BCUT2D eigenvalue weighted by molar-refractivity contribution is -0.0728. The third kappa shape index (κ3) is 5.54. The minimum Gasteiger partial charge on any atom is -0.459 e. The number of piperidine rings is 1. The normalized spacial score (nSPS) is 23.0. The molecule has 2 fully saturated rings. The molecule has 0 radical (unpaired) electrons. The lowest BCUT2D eigenvalue weighted by Crippen LogP contribution is -2.48. The molecular formula is C24H31N3O4. The lowest BCUT2D eigenvalue weighted by Gasteiger charge is -2.39. The number of furan rings is 1. The van der Waals surface area contributed by atoms with Gasteiger partial charge in [0.1, 0.15) is 0 Å². The van der Waals surface area contributed by atoms with Gasteiger partial charge in [0.2, 0.25) is 0 Å². The van der Waals surface area contributed by atoms with Crippen LogP contribution in [0, 0.1) is 5.92 Å². The number of amides is 2. The molecule has 0 aliphatic carbocycles. The first kappa shape index (κ1) is 21.6. The van der Waals surface area contributed by atoms with Gasteiger partial charge in [0.05, 0.1) is 18.5 Å². The zero-order valence-corrected chi connectivity index (χ0v) is 18.3. The molecule has 0 bridgehead atoms. The van der Waals surface area contributed by atoms with Crippen LogP contribution in [0.25, 0.3) is 0 Å². The molecule has 1 aromatic carbocycles. The number of anilines is 1. The SMILES string of the molecule is CC1CN(CC2CCN(C(=O)c3ccc(NC(=O)c4ccco4)cc3)CC2)CC(C)O1. The minimum atomic E-state index is -0.310. The van der Waals surface area contributed by atoms with Gasteiger partial charge in [-0.1, -0.05) is 0 Å². The molecule has 2 aliphatic heterocycles. The Morgan fingerprint density at radius 2 is 1.71 bits per heavy atom. The highest BCUT2D eigenvalue weighted by atomic mass is 16.5. The number of likely N-dealkylation sites (tertiary alicyclic amines) is 1. The van der Waals surface area contributed by atoms with E-state index in [1.54, 1.807) is 36.4 Å². The van der Waals surface area contributed by atoms with Gasteiger partial charge in [0.25, 0.3) is 11.8 Å². The van der Waals surface area contributed by atoms with Crippen LogP contribution in [-0.2, 0) is 4.74 Å². The predicted molar refractivity (Wildman–Crippen MR) is 118 cm³/mol. The molecule has 0 saturated carbocycles. The summed E-state index contributed by atoms with van der Waals surface area (Å²) >= 11 is 0. The molecule has 7 heteroatoms. The molecule has 1 aromatic heterocycles. The van der Waals surface area contributed by atoms with Crippen molar-refractivity contribution in [2.45, 2.75) is 38.9 Å². The fraction of sp³-hybridized carbons (Fsp3) is 0.500. The van der Waals surface area contributed by atoms with Crippen molar-refractivity contribution in [3.63, 3.8) is 0 Å². The van der Waals surface area contributed by atoms with E-state index >= 15 is 0 Å². The van der Waals surface area contributed by atoms with Crippen LogP contribution in [0.4, 0.5) is 5.69 Å². The zero-order valence-electron chi connectivity index (χ0n) is 18.3. The highest BCUT2D eigenvalue weighted by Crippen LogP contribution is 2.22. The molecule has 166 valence electrons. The van der Waals surface area contributed by atoms with E-state index < -0.39 is 0 Å². The Bertz CT molecular complexity index is 863. The van der Waals surface area contributed by atoms with Gasteiger partial charge < -0.3 is 19.4 Å². The summed E-state index contributed by atoms with van der Waals surface area (Å²) < 4.78 is 10.9. The van der Waals surface area contributed by atoms with Crippen molar-refractivity contribution in [2.75, 3.05) is 38.0 Å². The summed E-state index contributed by atoms with van der Waals surface area (Å²) in [6, 6.07) is 10.3. The Kier molecular flexibility index (Phi) is 6.73. The van der Waals surface area contributed by atoms with Crippen LogP contribution in [0.1, 0.15) is 47.6 Å². The Morgan fingerprint density at radius 3 is 2.32 bits per heavy atom. The van der Waals surface area contributed by atoms with E-state index in [-0.39, 0.29) is 29.8 Å². The maximum Gasteiger partial charge on any atom is 0.291 e. The second-order valence-electron chi connectivity index (χ2n) is 8.72. The standard InChI is InChI=1S/C24H31N3O4/c1-17-14-26(15-18(2)31-17)16-19-9-11-27(12-10-19)24(29)20-5-7-21(8-6-20)25-23(28)22-4-3-13-30-22/h3-8,13,17-19H,9-12,14-16H2,1-2H3,(H,25,28). The van der Waals surface area contributed by atoms with Gasteiger partial charge in [-0.3, -0.25) is 14.5 Å². The average Bonchev–Trinajstić information content (AvgIpc) is 3.29. The maximum absolute atomic E-state index is 12.9. The minimum absolute atomic E-state index is 0.0518. The van der Waals surface area contributed by atoms with Gasteiger partial charge in [-0.25, -0.2) is 0 Å². The monoisotopic (exact) mass is 425 g/mol. The van der Waals surface area contributed by atoms with Crippen molar-refractivity contribution in [1.82, 2.24) is 9.80 Å². The topological polar surface area (TPSA) is 75.0 Å². The molecule has 0 spiro atoms. The van der Waals surface area contributed by atoms with E-state index in [1.807, 2.05) is 4.90 Å². The van der Waals surface area contributed by atoms with Gasteiger partial charge in [0.15, 0.2) is 5.76 Å². The molecular weight excluding hydrogens is 394 g/mol. The third-order valence-electron chi connectivity index (χ3n) is 6.05. The average molecular weight is 426 g/mol. The van der Waals surface area contributed by atoms with Crippen LogP contribution >= 0.6 is 0 Å². The van der Waals surface area contributed by atoms with Crippen LogP contribution in [0.2, 0.25) is 0 Å². The molecule has 3 heterocycles. The highest BCUT2D eigenvalue weighted by molar-refractivity contribution is 6.02. The van der Waals surface area contributed by atoms with Gasteiger partial charge >= 0.3 is 0 Å². The van der Waals surface area contributed by atoms with Crippen molar-refractivity contribution in [3.8, 4) is 0 Å². The highest BCUT2D eigenvalue weighted by Gasteiger charge is 2.28. The summed E-state index contributed by atoms with van der Waals surface area (Å²) in [6.07, 6.45) is 4.10. The first-order valence-corrected chi connectivity index (χ1v) is 11.1. The van der Waals surface area contributed by atoms with Gasteiger partial charge in [-0.15, -0.1) is 0 Å². The van der Waals surface area contributed by atoms with Crippen LogP contribution < -0.4 is 5.32 Å². The van der Waals surface area contributed by atoms with E-state index in [2.05, 4.69) is 24.1 Å². The summed E-state index contributed by atoms with van der Waals surface area (Å²) in [6.45, 7) is 8.92. The van der Waals surface area contributed by atoms with Gasteiger partial charge in [-0.05, 0) is 69.0 Å². The summed E-state index contributed by atoms with van der Waals surface area (Å²) in [5, 5.41) is 2.77. The zero-order chi connectivity index (χ0) is 21.8. The number of nitrogens with zero attached hydrogens (tertiary/aromatic N) is 2. The van der Waals surface area contributed by atoms with Gasteiger partial charge in [0, 0.05) is 44.0 Å². The van der Waals surface area contributed by atoms with E-state index in [1.165, 1.54) is 6.26 Å². The second-order valence-corrected chi connectivity index (χ2v) is 8.72. The van der Waals surface area contributed by atoms with Crippen LogP contribution in [0.15, 0.2) is 47.1 Å². The Balaban J connectivity index is 1.26. The van der Waals surface area contributed by atoms with E-state index in [0.29, 0.717) is 17.2 Å². The largest absolute Gasteiger partial charge is 0.459 e. The summed E-state index contributed by atoms with van der Waals surface area (Å²) in [4.78, 5) is 29.4. The van der Waals surface area contributed by atoms with E-state index in [9.17, 15) is 9.59 Å². The number of carbonyl (C=O) groups is 2. The molecule has 7 nitrogen and oxygen atoms in total. The lowest BCUT2D eigenvalue weighted by atomic mass is 9.95. The Morgan fingerprint density at radius 1 is 1.03 bits per heavy atom. The molecule has 1 N–H and O–H groups in total. The number of carbonyl (C=O) groups excluding carboxylic acids is 2. The number of ether oxygens (including phenoxy) is 1. The molecule has 31 heavy (non-hydrogen) atoms. The first-order chi connectivity index (χ1) is 15.0. The molecule has 2 saturated heterocycles. The number of rotatable bonds is 5. The number of morpholine rings is 1. The molecule has 4 rings (SSSR count). The number of hydrogen-bond acceptors (Lipinski definition) is 5. The van der Waals surface area contributed by atoms with Crippen molar-refractivity contribution in [1.29, 1.82) is 0 Å². The third-order valence-corrected chi connectivity index (χ3v) is 6.05. The maximum atomic E-state index is 12.9. The van der Waals surface area contributed by atoms with Crippen LogP contribution in [0.3, 0.4) is 0 Å². The fourth-order valence-corrected chi connectivity index (χ4v) is 4.60. The van der Waals surface area contributed by atoms with Crippen molar-refractivity contribution in [2.24, 2.45) is 5.92 Å². The smallest absolute Gasteiger partial charge is 0.291 e. The Hall–Kier alpha value is -2.64. The predicted octanol–water partition coefficient (Wildman–Crippen LogP) is 3.49. The molecule has 2 atom stereocenters. The first-order valence-electron chi connectivity index (χ1n) is 11.1. The summed E-state index contributed by atoms with van der Waals surface area (Å²) in [5.74, 6) is 0.621. The van der Waals surface area contributed by atoms with Crippen molar-refractivity contribution < 1.29 is 18.7 Å². The number of nitrogens with one attached hydrogen (secondary N) is 1. The quantitative estimate of drug-likeness (QED) is 0.794. The second kappa shape index (κ2) is 9.66. The Labute approximate surface area is 183 Å². The molecule has 2 aliphatic rings. The summed E-state index contributed by atoms with van der Waals surface area (Å²) in [5.41, 5.74) is 1.27. The molecule has 2 aromatic rings. The van der Waals surface area contributed by atoms with Crippen molar-refractivity contribution >= 4 is 17.5 Å². The van der Waals surface area contributed by atoms with Gasteiger partial charge in [-0.2, -0.15) is 0 Å².